The summed E-state index contributed by atoms with van der Waals surface area (Å²) in [7, 11) is 0. The predicted octanol–water partition coefficient (Wildman–Crippen LogP) is 1.39. The Hall–Kier alpha value is -1.91. The third-order valence-electron chi connectivity index (χ3n) is 3.73. The third kappa shape index (κ3) is 3.30. The Morgan fingerprint density at radius 2 is 2.11 bits per heavy atom. The van der Waals surface area contributed by atoms with Crippen molar-refractivity contribution in [3.63, 3.8) is 0 Å². The average Bonchev–Trinajstić information content (AvgIpc) is 2.88. The van der Waals surface area contributed by atoms with Crippen LogP contribution in [-0.2, 0) is 16.0 Å². The van der Waals surface area contributed by atoms with Crippen molar-refractivity contribution in [2.45, 2.75) is 32.1 Å². The summed E-state index contributed by atoms with van der Waals surface area (Å²) in [6.45, 7) is 0.224. The van der Waals surface area contributed by atoms with Gasteiger partial charge in [0.1, 0.15) is 0 Å². The first-order valence-corrected chi connectivity index (χ1v) is 6.51. The summed E-state index contributed by atoms with van der Waals surface area (Å²) < 4.78 is 0. The van der Waals surface area contributed by atoms with E-state index in [-0.39, 0.29) is 18.9 Å². The highest BCUT2D eigenvalue weighted by Gasteiger charge is 2.41. The molecule has 5 nitrogen and oxygen atoms in total. The third-order valence-corrected chi connectivity index (χ3v) is 3.73. The number of hydrogen-bond donors (Lipinski definition) is 2. The largest absolute Gasteiger partial charge is 0.481 e. The van der Waals surface area contributed by atoms with Crippen molar-refractivity contribution in [2.75, 3.05) is 6.54 Å². The van der Waals surface area contributed by atoms with Gasteiger partial charge in [-0.15, -0.1) is 0 Å². The molecule has 0 spiro atoms. The summed E-state index contributed by atoms with van der Waals surface area (Å²) in [6, 6.07) is 3.60. The van der Waals surface area contributed by atoms with E-state index in [1.807, 2.05) is 6.07 Å². The number of carboxylic acids is 1. The van der Waals surface area contributed by atoms with Crippen molar-refractivity contribution in [3.8, 4) is 0 Å². The van der Waals surface area contributed by atoms with Gasteiger partial charge in [0.2, 0.25) is 5.91 Å². The van der Waals surface area contributed by atoms with Crippen molar-refractivity contribution in [2.24, 2.45) is 5.41 Å². The van der Waals surface area contributed by atoms with Crippen LogP contribution >= 0.6 is 0 Å². The summed E-state index contributed by atoms with van der Waals surface area (Å²) in [5.41, 5.74) is 0.0701. The summed E-state index contributed by atoms with van der Waals surface area (Å²) in [5, 5.41) is 12.1. The Morgan fingerprint density at radius 1 is 1.37 bits per heavy atom. The molecular formula is C14H18N2O3. The van der Waals surface area contributed by atoms with E-state index in [0.29, 0.717) is 12.8 Å². The first-order valence-electron chi connectivity index (χ1n) is 6.51. The smallest absolute Gasteiger partial charge is 0.311 e. The normalized spacial score (nSPS) is 17.1. The zero-order valence-electron chi connectivity index (χ0n) is 10.8. The highest BCUT2D eigenvalue weighted by atomic mass is 16.4. The van der Waals surface area contributed by atoms with Gasteiger partial charge < -0.3 is 10.4 Å². The number of hydrogen-bond acceptors (Lipinski definition) is 3. The van der Waals surface area contributed by atoms with E-state index in [1.165, 1.54) is 0 Å². The number of amides is 1. The number of aliphatic carboxylic acids is 1. The molecule has 0 aromatic carbocycles. The number of nitrogens with one attached hydrogen (secondary N) is 1. The molecule has 1 amide bonds. The Morgan fingerprint density at radius 3 is 2.68 bits per heavy atom. The van der Waals surface area contributed by atoms with Crippen molar-refractivity contribution in [3.05, 3.63) is 30.1 Å². The fraction of sp³-hybridized carbons (Fsp3) is 0.500. The van der Waals surface area contributed by atoms with Crippen LogP contribution in [0.15, 0.2) is 24.5 Å². The number of carboxylic acid groups (broad SMARTS) is 1. The number of pyridine rings is 1. The van der Waals surface area contributed by atoms with Crippen LogP contribution in [0.1, 0.15) is 31.2 Å². The lowest BCUT2D eigenvalue weighted by Gasteiger charge is -2.23. The predicted molar refractivity (Wildman–Crippen MR) is 69.5 cm³/mol. The summed E-state index contributed by atoms with van der Waals surface area (Å²) in [6.07, 6.45) is 6.67. The molecule has 0 bridgehead atoms. The highest BCUT2D eigenvalue weighted by molar-refractivity contribution is 5.80. The molecule has 0 unspecified atom stereocenters. The molecule has 0 aliphatic heterocycles. The maximum absolute atomic E-state index is 11.8. The molecule has 0 atom stereocenters. The van der Waals surface area contributed by atoms with Crippen LogP contribution < -0.4 is 5.32 Å². The van der Waals surface area contributed by atoms with Gasteiger partial charge in [-0.25, -0.2) is 0 Å². The van der Waals surface area contributed by atoms with Gasteiger partial charge in [0.05, 0.1) is 11.8 Å². The van der Waals surface area contributed by atoms with E-state index in [2.05, 4.69) is 10.3 Å². The number of aromatic nitrogens is 1. The van der Waals surface area contributed by atoms with Gasteiger partial charge in [0.25, 0.3) is 0 Å². The fourth-order valence-corrected chi connectivity index (χ4v) is 2.54. The van der Waals surface area contributed by atoms with Crippen molar-refractivity contribution < 1.29 is 14.7 Å². The minimum Gasteiger partial charge on any atom is -0.481 e. The number of rotatable bonds is 5. The van der Waals surface area contributed by atoms with Crippen LogP contribution in [0.5, 0.6) is 0 Å². The van der Waals surface area contributed by atoms with E-state index in [0.717, 1.165) is 18.4 Å². The number of nitrogens with zero attached hydrogens (tertiary/aromatic N) is 1. The second-order valence-electron chi connectivity index (χ2n) is 5.11. The molecule has 1 aliphatic rings. The van der Waals surface area contributed by atoms with Gasteiger partial charge in [-0.05, 0) is 24.5 Å². The lowest BCUT2D eigenvalue weighted by Crippen LogP contribution is -2.41. The molecule has 1 fully saturated rings. The minimum absolute atomic E-state index is 0.152. The van der Waals surface area contributed by atoms with E-state index in [9.17, 15) is 14.7 Å². The minimum atomic E-state index is -0.799. The molecule has 1 aromatic rings. The first kappa shape index (κ1) is 13.5. The summed E-state index contributed by atoms with van der Waals surface area (Å²) >= 11 is 0. The molecule has 0 saturated heterocycles. The van der Waals surface area contributed by atoms with Crippen molar-refractivity contribution in [1.29, 1.82) is 0 Å². The standard InChI is InChI=1S/C14H18N2O3/c17-12(8-11-4-3-7-15-9-11)16-10-14(13(18)19)5-1-2-6-14/h3-4,7,9H,1-2,5-6,8,10H2,(H,16,17)(H,18,19). The lowest BCUT2D eigenvalue weighted by atomic mass is 9.86. The van der Waals surface area contributed by atoms with Crippen LogP contribution in [0.2, 0.25) is 0 Å². The van der Waals surface area contributed by atoms with Gasteiger partial charge in [-0.3, -0.25) is 14.6 Å². The Bertz CT molecular complexity index is 453. The number of carbonyl (C=O) groups is 2. The van der Waals surface area contributed by atoms with Gasteiger partial charge >= 0.3 is 5.97 Å². The Balaban J connectivity index is 1.88. The highest BCUT2D eigenvalue weighted by Crippen LogP contribution is 2.37. The first-order chi connectivity index (χ1) is 9.12. The van der Waals surface area contributed by atoms with Gasteiger partial charge in [-0.2, -0.15) is 0 Å². The summed E-state index contributed by atoms with van der Waals surface area (Å²) in [5.74, 6) is -0.952. The molecule has 19 heavy (non-hydrogen) atoms. The molecule has 2 N–H and O–H groups in total. The zero-order valence-corrected chi connectivity index (χ0v) is 10.8. The molecule has 1 aromatic heterocycles. The Labute approximate surface area is 112 Å². The maximum atomic E-state index is 11.8. The lowest BCUT2D eigenvalue weighted by molar-refractivity contribution is -0.148. The molecule has 1 aliphatic carbocycles. The molecule has 102 valence electrons. The van der Waals surface area contributed by atoms with Crippen molar-refractivity contribution in [1.82, 2.24) is 10.3 Å². The van der Waals surface area contributed by atoms with E-state index in [4.69, 9.17) is 0 Å². The van der Waals surface area contributed by atoms with Crippen LogP contribution in [0.4, 0.5) is 0 Å². The van der Waals surface area contributed by atoms with Gasteiger partial charge in [-0.1, -0.05) is 18.9 Å². The SMILES string of the molecule is O=C(Cc1cccnc1)NCC1(C(=O)O)CCCC1. The molecule has 1 heterocycles. The van der Waals surface area contributed by atoms with Crippen LogP contribution in [0.3, 0.4) is 0 Å². The van der Waals surface area contributed by atoms with Crippen molar-refractivity contribution >= 4 is 11.9 Å². The second-order valence-corrected chi connectivity index (χ2v) is 5.11. The quantitative estimate of drug-likeness (QED) is 0.840. The molecule has 0 radical (unpaired) electrons. The number of carbonyl (C=O) groups excluding carboxylic acids is 1. The average molecular weight is 262 g/mol. The van der Waals surface area contributed by atoms with Crippen LogP contribution in [-0.4, -0.2) is 28.5 Å². The topological polar surface area (TPSA) is 79.3 Å². The van der Waals surface area contributed by atoms with Gasteiger partial charge in [0, 0.05) is 18.9 Å². The maximum Gasteiger partial charge on any atom is 0.311 e. The fourth-order valence-electron chi connectivity index (χ4n) is 2.54. The molecule has 2 rings (SSSR count). The van der Waals surface area contributed by atoms with Crippen LogP contribution in [0.25, 0.3) is 0 Å². The molecule has 1 saturated carbocycles. The second kappa shape index (κ2) is 5.82. The molecular weight excluding hydrogens is 244 g/mol. The van der Waals surface area contributed by atoms with E-state index >= 15 is 0 Å². The molecule has 5 heteroatoms. The van der Waals surface area contributed by atoms with Gasteiger partial charge in [0.15, 0.2) is 0 Å². The summed E-state index contributed by atoms with van der Waals surface area (Å²) in [4.78, 5) is 27.1. The van der Waals surface area contributed by atoms with E-state index in [1.54, 1.807) is 18.5 Å². The van der Waals surface area contributed by atoms with Crippen LogP contribution in [0, 0.1) is 5.41 Å². The monoisotopic (exact) mass is 262 g/mol. The Kier molecular flexibility index (Phi) is 4.14. The van der Waals surface area contributed by atoms with E-state index < -0.39 is 11.4 Å². The zero-order chi connectivity index (χ0) is 13.7.